The van der Waals surface area contributed by atoms with Crippen LogP contribution in [0.25, 0.3) is 21.8 Å². The highest BCUT2D eigenvalue weighted by molar-refractivity contribution is 6.06. The van der Waals surface area contributed by atoms with Gasteiger partial charge in [-0.25, -0.2) is 9.59 Å². The molecule has 8 nitrogen and oxygen atoms in total. The molecule has 200 valence electrons. The Morgan fingerprint density at radius 1 is 0.488 bits per heavy atom. The Morgan fingerprint density at radius 2 is 0.902 bits per heavy atom. The van der Waals surface area contributed by atoms with Gasteiger partial charge >= 0.3 is 12.1 Å². The summed E-state index contributed by atoms with van der Waals surface area (Å²) in [5.74, 6) is 0. The molecule has 41 heavy (non-hydrogen) atoms. The number of aromatic nitrogens is 2. The highest BCUT2D eigenvalue weighted by Gasteiger charge is 2.09. The average Bonchev–Trinajstić information content (AvgIpc) is 2.99. The van der Waals surface area contributed by atoms with E-state index in [0.29, 0.717) is 29.2 Å². The number of para-hydroxylation sites is 2. The van der Waals surface area contributed by atoms with Crippen LogP contribution in [0.3, 0.4) is 0 Å². The van der Waals surface area contributed by atoms with Crippen LogP contribution < -0.4 is 21.3 Å². The number of hydrogen-bond acceptors (Lipinski definition) is 4. The molecule has 0 radical (unpaired) electrons. The van der Waals surface area contributed by atoms with Crippen LogP contribution in [0, 0.1) is 0 Å². The molecule has 0 spiro atoms. The topological polar surface area (TPSA) is 108 Å². The molecule has 2 aromatic heterocycles. The van der Waals surface area contributed by atoms with Crippen molar-refractivity contribution in [3.8, 4) is 0 Å². The van der Waals surface area contributed by atoms with Crippen molar-refractivity contribution in [2.24, 2.45) is 0 Å². The van der Waals surface area contributed by atoms with E-state index in [9.17, 15) is 9.59 Å². The van der Waals surface area contributed by atoms with Crippen molar-refractivity contribution in [3.05, 3.63) is 133 Å². The van der Waals surface area contributed by atoms with Gasteiger partial charge in [-0.05, 0) is 66.1 Å². The quantitative estimate of drug-likeness (QED) is 0.175. The SMILES string of the molecule is O=C(Nc1ccc(Cc2ccc(NC(=O)Nc3cccc4cccnc34)cc2)cc1)Nc1cccc2cccnc12. The minimum Gasteiger partial charge on any atom is -0.308 e. The van der Waals surface area contributed by atoms with Crippen LogP contribution in [0.15, 0.2) is 122 Å². The van der Waals surface area contributed by atoms with Crippen LogP contribution in [0.2, 0.25) is 0 Å². The Morgan fingerprint density at radius 3 is 1.34 bits per heavy atom. The van der Waals surface area contributed by atoms with Crippen molar-refractivity contribution in [1.82, 2.24) is 9.97 Å². The van der Waals surface area contributed by atoms with E-state index >= 15 is 0 Å². The number of pyridine rings is 2. The van der Waals surface area contributed by atoms with Gasteiger partial charge in [0.2, 0.25) is 0 Å². The Kier molecular flexibility index (Phi) is 7.19. The highest BCUT2D eigenvalue weighted by atomic mass is 16.2. The normalized spacial score (nSPS) is 10.7. The van der Waals surface area contributed by atoms with Gasteiger partial charge in [-0.1, -0.05) is 60.7 Å². The van der Waals surface area contributed by atoms with Crippen molar-refractivity contribution in [2.75, 3.05) is 21.3 Å². The number of urea groups is 2. The van der Waals surface area contributed by atoms with Crippen molar-refractivity contribution >= 4 is 56.6 Å². The van der Waals surface area contributed by atoms with E-state index in [1.807, 2.05) is 109 Å². The van der Waals surface area contributed by atoms with E-state index in [2.05, 4.69) is 31.2 Å². The largest absolute Gasteiger partial charge is 0.323 e. The Labute approximate surface area is 236 Å². The fraction of sp³-hybridized carbons (Fsp3) is 0.0303. The molecule has 6 aromatic rings. The molecule has 0 aliphatic carbocycles. The highest BCUT2D eigenvalue weighted by Crippen LogP contribution is 2.23. The third kappa shape index (κ3) is 6.12. The summed E-state index contributed by atoms with van der Waals surface area (Å²) in [6.45, 7) is 0. The second-order valence-electron chi connectivity index (χ2n) is 9.49. The number of nitrogens with one attached hydrogen (secondary N) is 4. The zero-order valence-electron chi connectivity index (χ0n) is 22.0. The fourth-order valence-corrected chi connectivity index (χ4v) is 4.63. The molecule has 0 aliphatic rings. The van der Waals surface area contributed by atoms with Gasteiger partial charge in [-0.15, -0.1) is 0 Å². The van der Waals surface area contributed by atoms with Crippen molar-refractivity contribution in [2.45, 2.75) is 6.42 Å². The summed E-state index contributed by atoms with van der Waals surface area (Å²) in [5.41, 5.74) is 6.34. The molecule has 0 bridgehead atoms. The Balaban J connectivity index is 1.02. The summed E-state index contributed by atoms with van der Waals surface area (Å²) in [5, 5.41) is 13.4. The lowest BCUT2D eigenvalue weighted by molar-refractivity contribution is 0.261. The smallest absolute Gasteiger partial charge is 0.308 e. The predicted molar refractivity (Wildman–Crippen MR) is 164 cm³/mol. The molecule has 4 aromatic carbocycles. The minimum absolute atomic E-state index is 0.334. The molecule has 0 saturated heterocycles. The number of hydrogen-bond donors (Lipinski definition) is 4. The monoisotopic (exact) mass is 538 g/mol. The van der Waals surface area contributed by atoms with Crippen LogP contribution in [0.4, 0.5) is 32.3 Å². The predicted octanol–water partition coefficient (Wildman–Crippen LogP) is 7.66. The summed E-state index contributed by atoms with van der Waals surface area (Å²) < 4.78 is 0. The number of anilines is 4. The second kappa shape index (κ2) is 11.5. The van der Waals surface area contributed by atoms with Crippen LogP contribution in [0.5, 0.6) is 0 Å². The third-order valence-corrected chi connectivity index (χ3v) is 6.59. The number of carbonyl (C=O) groups excluding carboxylic acids is 2. The van der Waals surface area contributed by atoms with Gasteiger partial charge in [0, 0.05) is 34.5 Å². The maximum absolute atomic E-state index is 12.6. The molecule has 8 heteroatoms. The first-order chi connectivity index (χ1) is 20.1. The van der Waals surface area contributed by atoms with E-state index in [1.54, 1.807) is 12.4 Å². The molecule has 4 N–H and O–H groups in total. The molecule has 0 fully saturated rings. The Bertz CT molecular complexity index is 1710. The van der Waals surface area contributed by atoms with E-state index in [4.69, 9.17) is 0 Å². The summed E-state index contributed by atoms with van der Waals surface area (Å²) in [7, 11) is 0. The van der Waals surface area contributed by atoms with Gasteiger partial charge in [0.15, 0.2) is 0 Å². The van der Waals surface area contributed by atoms with Crippen molar-refractivity contribution in [1.29, 1.82) is 0 Å². The summed E-state index contributed by atoms with van der Waals surface area (Å²) in [6.07, 6.45) is 4.12. The van der Waals surface area contributed by atoms with Gasteiger partial charge < -0.3 is 21.3 Å². The number of carbonyl (C=O) groups is 2. The van der Waals surface area contributed by atoms with Gasteiger partial charge in [-0.3, -0.25) is 9.97 Å². The standard InChI is InChI=1S/C33H26N6O2/c40-32(38-28-9-1-5-24-7-3-19-34-30(24)28)36-26-15-11-22(12-16-26)21-23-13-17-27(18-14-23)37-33(41)39-29-10-2-6-25-8-4-20-35-31(25)29/h1-20H,21H2,(H2,36,38,40)(H2,37,39,41). The molecule has 0 saturated carbocycles. The lowest BCUT2D eigenvalue weighted by atomic mass is 10.0. The maximum Gasteiger partial charge on any atom is 0.323 e. The van der Waals surface area contributed by atoms with E-state index in [-0.39, 0.29) is 12.1 Å². The van der Waals surface area contributed by atoms with E-state index < -0.39 is 0 Å². The summed E-state index contributed by atoms with van der Waals surface area (Å²) in [4.78, 5) is 33.9. The maximum atomic E-state index is 12.6. The van der Waals surface area contributed by atoms with Gasteiger partial charge in [0.05, 0.1) is 22.4 Å². The number of rotatable bonds is 6. The molecule has 0 atom stereocenters. The first-order valence-corrected chi connectivity index (χ1v) is 13.1. The zero-order valence-corrected chi connectivity index (χ0v) is 22.0. The summed E-state index contributed by atoms with van der Waals surface area (Å²) >= 11 is 0. The molecule has 2 heterocycles. The number of fused-ring (bicyclic) bond motifs is 2. The van der Waals surface area contributed by atoms with Crippen LogP contribution in [-0.2, 0) is 6.42 Å². The first kappa shape index (κ1) is 25.5. The van der Waals surface area contributed by atoms with Gasteiger partial charge in [-0.2, -0.15) is 0 Å². The van der Waals surface area contributed by atoms with E-state index in [1.165, 1.54) is 0 Å². The van der Waals surface area contributed by atoms with Gasteiger partial charge in [0.25, 0.3) is 0 Å². The van der Waals surface area contributed by atoms with Crippen molar-refractivity contribution in [3.63, 3.8) is 0 Å². The Hall–Kier alpha value is -5.76. The second-order valence-corrected chi connectivity index (χ2v) is 9.49. The molecular formula is C33H26N6O2. The zero-order chi connectivity index (χ0) is 28.0. The van der Waals surface area contributed by atoms with Crippen molar-refractivity contribution < 1.29 is 9.59 Å². The molecular weight excluding hydrogens is 512 g/mol. The van der Waals surface area contributed by atoms with Crippen LogP contribution in [0.1, 0.15) is 11.1 Å². The fourth-order valence-electron chi connectivity index (χ4n) is 4.63. The lowest BCUT2D eigenvalue weighted by Crippen LogP contribution is -2.19. The molecule has 0 unspecified atom stereocenters. The molecule has 6 rings (SSSR count). The van der Waals surface area contributed by atoms with Crippen LogP contribution in [-0.4, -0.2) is 22.0 Å². The average molecular weight is 539 g/mol. The summed E-state index contributed by atoms with van der Waals surface area (Å²) in [6, 6.07) is 33.7. The van der Waals surface area contributed by atoms with Gasteiger partial charge in [0.1, 0.15) is 0 Å². The minimum atomic E-state index is -0.334. The number of nitrogens with zero attached hydrogens (tertiary/aromatic N) is 2. The number of amides is 4. The first-order valence-electron chi connectivity index (χ1n) is 13.1. The van der Waals surface area contributed by atoms with Crippen LogP contribution >= 0.6 is 0 Å². The molecule has 0 aliphatic heterocycles. The third-order valence-electron chi connectivity index (χ3n) is 6.59. The van der Waals surface area contributed by atoms with E-state index in [0.717, 1.165) is 32.9 Å². The number of benzene rings is 4. The molecule has 4 amide bonds. The lowest BCUT2D eigenvalue weighted by Gasteiger charge is -2.11.